The number of hydrogen-bond donors (Lipinski definition) is 2. The molecule has 0 aliphatic heterocycles. The Morgan fingerprint density at radius 1 is 1.25 bits per heavy atom. The molecule has 20 heavy (non-hydrogen) atoms. The van der Waals surface area contributed by atoms with E-state index in [9.17, 15) is 9.59 Å². The van der Waals surface area contributed by atoms with Gasteiger partial charge in [-0.2, -0.15) is 0 Å². The van der Waals surface area contributed by atoms with Crippen LogP contribution in [0, 0.1) is 17.8 Å². The van der Waals surface area contributed by atoms with Gasteiger partial charge in [0.05, 0.1) is 20.2 Å². The molecule has 5 nitrogen and oxygen atoms in total. The lowest BCUT2D eigenvalue weighted by molar-refractivity contribution is -0.139. The quantitative estimate of drug-likeness (QED) is 0.722. The SMILES string of the molecule is COC(=O)CNCC(=O)N[C@H]1C[C@H](C)CC[C@H]1C(C)C. The molecule has 0 aromatic carbocycles. The predicted octanol–water partition coefficient (Wildman–Crippen LogP) is 1.33. The highest BCUT2D eigenvalue weighted by Gasteiger charge is 2.31. The highest BCUT2D eigenvalue weighted by Crippen LogP contribution is 2.33. The van der Waals surface area contributed by atoms with Crippen molar-refractivity contribution in [2.75, 3.05) is 20.2 Å². The molecule has 2 N–H and O–H groups in total. The summed E-state index contributed by atoms with van der Waals surface area (Å²) < 4.78 is 4.51. The number of hydrogen-bond acceptors (Lipinski definition) is 4. The van der Waals surface area contributed by atoms with Crippen molar-refractivity contribution in [2.24, 2.45) is 17.8 Å². The summed E-state index contributed by atoms with van der Waals surface area (Å²) in [6.07, 6.45) is 3.47. The number of esters is 1. The lowest BCUT2D eigenvalue weighted by atomic mass is 9.74. The van der Waals surface area contributed by atoms with E-state index in [4.69, 9.17) is 0 Å². The lowest BCUT2D eigenvalue weighted by Crippen LogP contribution is -2.48. The number of carbonyl (C=O) groups excluding carboxylic acids is 2. The lowest BCUT2D eigenvalue weighted by Gasteiger charge is -2.37. The molecule has 1 aliphatic rings. The maximum absolute atomic E-state index is 11.9. The third-order valence-corrected chi connectivity index (χ3v) is 4.15. The van der Waals surface area contributed by atoms with Crippen molar-refractivity contribution < 1.29 is 14.3 Å². The summed E-state index contributed by atoms with van der Waals surface area (Å²) in [5, 5.41) is 5.91. The fraction of sp³-hybridized carbons (Fsp3) is 0.867. The van der Waals surface area contributed by atoms with Crippen molar-refractivity contribution >= 4 is 11.9 Å². The molecular formula is C15H28N2O3. The summed E-state index contributed by atoms with van der Waals surface area (Å²) in [4.78, 5) is 22.9. The highest BCUT2D eigenvalue weighted by molar-refractivity contribution is 5.79. The summed E-state index contributed by atoms with van der Waals surface area (Å²) in [6.45, 7) is 6.90. The second kappa shape index (κ2) is 8.25. The minimum atomic E-state index is -0.357. The topological polar surface area (TPSA) is 67.4 Å². The second-order valence-electron chi connectivity index (χ2n) is 6.18. The first-order chi connectivity index (χ1) is 9.43. The number of rotatable bonds is 6. The van der Waals surface area contributed by atoms with Crippen molar-refractivity contribution in [3.05, 3.63) is 0 Å². The summed E-state index contributed by atoms with van der Waals surface area (Å²) in [5.41, 5.74) is 0. The Labute approximate surface area is 121 Å². The number of carbonyl (C=O) groups is 2. The van der Waals surface area contributed by atoms with Crippen molar-refractivity contribution in [3.63, 3.8) is 0 Å². The molecule has 1 aliphatic carbocycles. The third-order valence-electron chi connectivity index (χ3n) is 4.15. The van der Waals surface area contributed by atoms with Crippen molar-refractivity contribution in [2.45, 2.75) is 46.1 Å². The highest BCUT2D eigenvalue weighted by atomic mass is 16.5. The van der Waals surface area contributed by atoms with Crippen LogP contribution in [0.2, 0.25) is 0 Å². The number of amides is 1. The molecule has 5 heteroatoms. The molecule has 1 fully saturated rings. The van der Waals surface area contributed by atoms with E-state index in [-0.39, 0.29) is 31.0 Å². The number of ether oxygens (including phenoxy) is 1. The van der Waals surface area contributed by atoms with Crippen LogP contribution in [0.1, 0.15) is 40.0 Å². The molecule has 0 aromatic heterocycles. The Bertz CT molecular complexity index is 331. The molecule has 0 radical (unpaired) electrons. The van der Waals surface area contributed by atoms with Gasteiger partial charge in [0.2, 0.25) is 5.91 Å². The van der Waals surface area contributed by atoms with Gasteiger partial charge in [0.15, 0.2) is 0 Å². The van der Waals surface area contributed by atoms with Gasteiger partial charge < -0.3 is 10.1 Å². The Hall–Kier alpha value is -1.10. The summed E-state index contributed by atoms with van der Waals surface area (Å²) in [6, 6.07) is 0.256. The standard InChI is InChI=1S/C15H28N2O3/c1-10(2)12-6-5-11(3)7-13(12)17-14(18)8-16-9-15(19)20-4/h10-13,16H,5-9H2,1-4H3,(H,17,18)/t11-,12+,13+/m1/s1. The van der Waals surface area contributed by atoms with Crippen LogP contribution < -0.4 is 10.6 Å². The molecular weight excluding hydrogens is 256 g/mol. The zero-order chi connectivity index (χ0) is 15.1. The van der Waals surface area contributed by atoms with Crippen molar-refractivity contribution in [1.82, 2.24) is 10.6 Å². The van der Waals surface area contributed by atoms with E-state index >= 15 is 0 Å². The van der Waals surface area contributed by atoms with Gasteiger partial charge >= 0.3 is 5.97 Å². The minimum absolute atomic E-state index is 0.0429. The molecule has 0 aromatic rings. The van der Waals surface area contributed by atoms with Crippen LogP contribution >= 0.6 is 0 Å². The maximum Gasteiger partial charge on any atom is 0.319 e. The predicted molar refractivity (Wildman–Crippen MR) is 78.2 cm³/mol. The average Bonchev–Trinajstić information content (AvgIpc) is 2.38. The molecule has 0 bridgehead atoms. The molecule has 1 saturated carbocycles. The molecule has 0 saturated heterocycles. The largest absolute Gasteiger partial charge is 0.468 e. The maximum atomic E-state index is 11.9. The van der Waals surface area contributed by atoms with Crippen molar-refractivity contribution in [1.29, 1.82) is 0 Å². The molecule has 0 heterocycles. The van der Waals surface area contributed by atoms with E-state index in [0.29, 0.717) is 17.8 Å². The van der Waals surface area contributed by atoms with Crippen LogP contribution in [0.5, 0.6) is 0 Å². The zero-order valence-electron chi connectivity index (χ0n) is 13.1. The smallest absolute Gasteiger partial charge is 0.319 e. The number of methoxy groups -OCH3 is 1. The van der Waals surface area contributed by atoms with E-state index in [0.717, 1.165) is 6.42 Å². The summed E-state index contributed by atoms with van der Waals surface area (Å²) in [7, 11) is 1.33. The monoisotopic (exact) mass is 284 g/mol. The average molecular weight is 284 g/mol. The molecule has 116 valence electrons. The van der Waals surface area contributed by atoms with Crippen LogP contribution in [-0.2, 0) is 14.3 Å². The fourth-order valence-corrected chi connectivity index (χ4v) is 2.98. The van der Waals surface area contributed by atoms with Gasteiger partial charge in [-0.3, -0.25) is 14.9 Å². The first-order valence-electron chi connectivity index (χ1n) is 7.51. The first kappa shape index (κ1) is 17.0. The van der Waals surface area contributed by atoms with Gasteiger partial charge in [-0.05, 0) is 30.6 Å². The third kappa shape index (κ3) is 5.49. The number of nitrogens with one attached hydrogen (secondary N) is 2. The van der Waals surface area contributed by atoms with E-state index in [2.05, 4.69) is 36.1 Å². The minimum Gasteiger partial charge on any atom is -0.468 e. The van der Waals surface area contributed by atoms with Crippen LogP contribution in [0.25, 0.3) is 0 Å². The fourth-order valence-electron chi connectivity index (χ4n) is 2.98. The van der Waals surface area contributed by atoms with Gasteiger partial charge in [0.25, 0.3) is 0 Å². The van der Waals surface area contributed by atoms with Gasteiger partial charge in [-0.1, -0.05) is 27.2 Å². The molecule has 3 atom stereocenters. The van der Waals surface area contributed by atoms with Gasteiger partial charge in [0, 0.05) is 6.04 Å². The van der Waals surface area contributed by atoms with E-state index in [1.165, 1.54) is 20.0 Å². The Morgan fingerprint density at radius 3 is 2.55 bits per heavy atom. The molecule has 1 amide bonds. The first-order valence-corrected chi connectivity index (χ1v) is 7.51. The van der Waals surface area contributed by atoms with E-state index < -0.39 is 0 Å². The van der Waals surface area contributed by atoms with Crippen LogP contribution in [-0.4, -0.2) is 38.1 Å². The summed E-state index contributed by atoms with van der Waals surface area (Å²) in [5.74, 6) is 1.40. The molecule has 0 spiro atoms. The Morgan fingerprint density at radius 2 is 1.95 bits per heavy atom. The van der Waals surface area contributed by atoms with Crippen LogP contribution in [0.4, 0.5) is 0 Å². The molecule has 1 rings (SSSR count). The van der Waals surface area contributed by atoms with E-state index in [1.54, 1.807) is 0 Å². The van der Waals surface area contributed by atoms with Crippen LogP contribution in [0.15, 0.2) is 0 Å². The van der Waals surface area contributed by atoms with Crippen molar-refractivity contribution in [3.8, 4) is 0 Å². The summed E-state index contributed by atoms with van der Waals surface area (Å²) >= 11 is 0. The Balaban J connectivity index is 2.39. The Kier molecular flexibility index (Phi) is 6.99. The van der Waals surface area contributed by atoms with Gasteiger partial charge in [0.1, 0.15) is 0 Å². The van der Waals surface area contributed by atoms with E-state index in [1.807, 2.05) is 0 Å². The molecule has 0 unspecified atom stereocenters. The zero-order valence-corrected chi connectivity index (χ0v) is 13.1. The van der Waals surface area contributed by atoms with Gasteiger partial charge in [-0.25, -0.2) is 0 Å². The van der Waals surface area contributed by atoms with Gasteiger partial charge in [-0.15, -0.1) is 0 Å². The second-order valence-corrected chi connectivity index (χ2v) is 6.18. The van der Waals surface area contributed by atoms with Crippen LogP contribution in [0.3, 0.4) is 0 Å². The normalized spacial score (nSPS) is 26.4.